The van der Waals surface area contributed by atoms with E-state index >= 15 is 0 Å². The van der Waals surface area contributed by atoms with Crippen molar-refractivity contribution in [2.75, 3.05) is 5.32 Å². The summed E-state index contributed by atoms with van der Waals surface area (Å²) in [5, 5.41) is 30.7. The maximum absolute atomic E-state index is 12.7. The van der Waals surface area contributed by atoms with E-state index in [0.29, 0.717) is 6.42 Å². The molecule has 2 atom stereocenters. The molecule has 0 fully saturated rings. The zero-order chi connectivity index (χ0) is 23.8. The van der Waals surface area contributed by atoms with Crippen molar-refractivity contribution >= 4 is 23.6 Å². The molecule has 3 aromatic rings. The van der Waals surface area contributed by atoms with Gasteiger partial charge in [-0.1, -0.05) is 61.5 Å². The number of nitrogens with zero attached hydrogens (tertiary/aromatic N) is 1. The van der Waals surface area contributed by atoms with Gasteiger partial charge in [-0.05, 0) is 23.1 Å². The van der Waals surface area contributed by atoms with Crippen LogP contribution in [-0.2, 0) is 16.0 Å². The molecule has 0 aliphatic heterocycles. The zero-order valence-electron chi connectivity index (χ0n) is 18.1. The SMILES string of the molecule is CCC(=O)Nc1cc(C(=O)NC(Cc2ccc(-c3ccccc3)cc2)C[C@@H](O)C(=O)O)[nH]n1. The average molecular weight is 450 g/mol. The van der Waals surface area contributed by atoms with Gasteiger partial charge in [0.25, 0.3) is 5.91 Å². The Balaban J connectivity index is 1.71. The predicted octanol–water partition coefficient (Wildman–Crippen LogP) is 2.60. The molecule has 0 radical (unpaired) electrons. The molecule has 2 amide bonds. The van der Waals surface area contributed by atoms with Gasteiger partial charge in [-0.3, -0.25) is 14.7 Å². The van der Waals surface area contributed by atoms with Gasteiger partial charge >= 0.3 is 5.97 Å². The molecule has 9 heteroatoms. The van der Waals surface area contributed by atoms with Crippen molar-refractivity contribution in [2.45, 2.75) is 38.3 Å². The van der Waals surface area contributed by atoms with Gasteiger partial charge in [-0.15, -0.1) is 0 Å². The number of aromatic nitrogens is 2. The highest BCUT2D eigenvalue weighted by Gasteiger charge is 2.23. The third kappa shape index (κ3) is 6.75. The number of amides is 2. The summed E-state index contributed by atoms with van der Waals surface area (Å²) in [7, 11) is 0. The third-order valence-corrected chi connectivity index (χ3v) is 5.08. The Bertz CT molecular complexity index is 1100. The first-order valence-electron chi connectivity index (χ1n) is 10.6. The number of aliphatic hydroxyl groups excluding tert-OH is 1. The molecule has 0 aliphatic carbocycles. The zero-order valence-corrected chi connectivity index (χ0v) is 18.1. The number of carboxylic acid groups (broad SMARTS) is 1. The fourth-order valence-electron chi connectivity index (χ4n) is 3.31. The number of nitrogens with one attached hydrogen (secondary N) is 3. The van der Waals surface area contributed by atoms with E-state index in [1.165, 1.54) is 6.07 Å². The Hall–Kier alpha value is -3.98. The van der Waals surface area contributed by atoms with Crippen molar-refractivity contribution in [1.29, 1.82) is 0 Å². The number of rotatable bonds is 10. The van der Waals surface area contributed by atoms with Crippen molar-refractivity contribution in [3.05, 3.63) is 71.9 Å². The number of aliphatic carboxylic acids is 1. The third-order valence-electron chi connectivity index (χ3n) is 5.08. The molecule has 5 N–H and O–H groups in total. The summed E-state index contributed by atoms with van der Waals surface area (Å²) in [6.07, 6.45) is -1.21. The number of anilines is 1. The molecule has 1 aromatic heterocycles. The van der Waals surface area contributed by atoms with Crippen LogP contribution in [0.5, 0.6) is 0 Å². The molecule has 0 bridgehead atoms. The van der Waals surface area contributed by atoms with Gasteiger partial charge in [0.1, 0.15) is 5.69 Å². The molecule has 1 heterocycles. The summed E-state index contributed by atoms with van der Waals surface area (Å²) in [6.45, 7) is 1.69. The van der Waals surface area contributed by atoms with Crippen molar-refractivity contribution in [1.82, 2.24) is 15.5 Å². The van der Waals surface area contributed by atoms with Crippen LogP contribution in [0.25, 0.3) is 11.1 Å². The maximum Gasteiger partial charge on any atom is 0.332 e. The molecule has 0 saturated carbocycles. The number of benzene rings is 2. The smallest absolute Gasteiger partial charge is 0.332 e. The van der Waals surface area contributed by atoms with Crippen LogP contribution < -0.4 is 10.6 Å². The molecule has 2 aromatic carbocycles. The van der Waals surface area contributed by atoms with Gasteiger partial charge in [0, 0.05) is 24.9 Å². The van der Waals surface area contributed by atoms with Crippen molar-refractivity contribution in [3.63, 3.8) is 0 Å². The fraction of sp³-hybridized carbons (Fsp3) is 0.250. The monoisotopic (exact) mass is 450 g/mol. The summed E-state index contributed by atoms with van der Waals surface area (Å²) in [5.74, 6) is -1.91. The van der Waals surface area contributed by atoms with E-state index in [1.807, 2.05) is 54.6 Å². The predicted molar refractivity (Wildman–Crippen MR) is 123 cm³/mol. The molecular weight excluding hydrogens is 424 g/mol. The van der Waals surface area contributed by atoms with Crippen LogP contribution in [-0.4, -0.2) is 50.3 Å². The number of H-pyrrole nitrogens is 1. The number of carbonyl (C=O) groups excluding carboxylic acids is 2. The Labute approximate surface area is 190 Å². The lowest BCUT2D eigenvalue weighted by Crippen LogP contribution is -2.40. The number of aliphatic hydroxyl groups is 1. The summed E-state index contributed by atoms with van der Waals surface area (Å²) < 4.78 is 0. The molecule has 0 spiro atoms. The van der Waals surface area contributed by atoms with Crippen LogP contribution in [0.3, 0.4) is 0 Å². The quantitative estimate of drug-likeness (QED) is 0.321. The fourth-order valence-corrected chi connectivity index (χ4v) is 3.31. The second-order valence-electron chi connectivity index (χ2n) is 7.60. The normalized spacial score (nSPS) is 12.5. The Morgan fingerprint density at radius 2 is 1.70 bits per heavy atom. The van der Waals surface area contributed by atoms with E-state index in [4.69, 9.17) is 5.11 Å². The van der Waals surface area contributed by atoms with E-state index < -0.39 is 24.0 Å². The van der Waals surface area contributed by atoms with E-state index in [9.17, 15) is 19.5 Å². The number of hydrogen-bond acceptors (Lipinski definition) is 5. The summed E-state index contributed by atoms with van der Waals surface area (Å²) in [5.41, 5.74) is 3.08. The highest BCUT2D eigenvalue weighted by molar-refractivity contribution is 5.95. The van der Waals surface area contributed by atoms with Crippen LogP contribution in [0.1, 0.15) is 35.8 Å². The Morgan fingerprint density at radius 3 is 2.33 bits per heavy atom. The van der Waals surface area contributed by atoms with Gasteiger partial charge < -0.3 is 20.8 Å². The minimum atomic E-state index is -1.62. The molecule has 172 valence electrons. The van der Waals surface area contributed by atoms with Crippen LogP contribution >= 0.6 is 0 Å². The van der Waals surface area contributed by atoms with Gasteiger partial charge in [0.15, 0.2) is 11.9 Å². The van der Waals surface area contributed by atoms with E-state index in [2.05, 4.69) is 20.8 Å². The lowest BCUT2D eigenvalue weighted by molar-refractivity contribution is -0.147. The van der Waals surface area contributed by atoms with Gasteiger partial charge in [0.2, 0.25) is 5.91 Å². The maximum atomic E-state index is 12.7. The Morgan fingerprint density at radius 1 is 1.03 bits per heavy atom. The first kappa shape index (κ1) is 23.7. The first-order valence-corrected chi connectivity index (χ1v) is 10.6. The molecule has 9 nitrogen and oxygen atoms in total. The summed E-state index contributed by atoms with van der Waals surface area (Å²) >= 11 is 0. The number of aromatic amines is 1. The Kier molecular flexibility index (Phi) is 7.93. The van der Waals surface area contributed by atoms with E-state index in [1.54, 1.807) is 6.92 Å². The minimum absolute atomic E-state index is 0.107. The number of carboxylic acids is 1. The molecule has 1 unspecified atom stereocenters. The highest BCUT2D eigenvalue weighted by atomic mass is 16.4. The summed E-state index contributed by atoms with van der Waals surface area (Å²) in [4.78, 5) is 35.3. The van der Waals surface area contributed by atoms with Crippen LogP contribution in [0.4, 0.5) is 5.82 Å². The van der Waals surface area contributed by atoms with Crippen molar-refractivity contribution in [3.8, 4) is 11.1 Å². The number of carbonyl (C=O) groups is 3. The lowest BCUT2D eigenvalue weighted by atomic mass is 9.97. The lowest BCUT2D eigenvalue weighted by Gasteiger charge is -2.20. The summed E-state index contributed by atoms with van der Waals surface area (Å²) in [6, 6.07) is 18.3. The minimum Gasteiger partial charge on any atom is -0.479 e. The van der Waals surface area contributed by atoms with Crippen molar-refractivity contribution in [2.24, 2.45) is 0 Å². The van der Waals surface area contributed by atoms with Crippen LogP contribution in [0, 0.1) is 0 Å². The van der Waals surface area contributed by atoms with Crippen molar-refractivity contribution < 1.29 is 24.6 Å². The second kappa shape index (κ2) is 11.1. The topological polar surface area (TPSA) is 144 Å². The number of hydrogen-bond donors (Lipinski definition) is 5. The molecule has 33 heavy (non-hydrogen) atoms. The van der Waals surface area contributed by atoms with Gasteiger partial charge in [0.05, 0.1) is 0 Å². The van der Waals surface area contributed by atoms with Crippen LogP contribution in [0.15, 0.2) is 60.7 Å². The molecular formula is C24H26N4O5. The van der Waals surface area contributed by atoms with Crippen LogP contribution in [0.2, 0.25) is 0 Å². The largest absolute Gasteiger partial charge is 0.479 e. The molecule has 3 rings (SSSR count). The van der Waals surface area contributed by atoms with Gasteiger partial charge in [-0.25, -0.2) is 4.79 Å². The first-order chi connectivity index (χ1) is 15.9. The molecule has 0 saturated heterocycles. The standard InChI is InChI=1S/C24H26N4O5/c1-2-22(30)26-21-14-19(27-28-21)23(31)25-18(13-20(29)24(32)33)12-15-8-10-17(11-9-15)16-6-4-3-5-7-16/h3-11,14,18,20,29H,2,12-13H2,1H3,(H,25,31)(H,32,33)(H2,26,27,28,30)/t18?,20-/m1/s1. The van der Waals surface area contributed by atoms with E-state index in [-0.39, 0.29) is 30.3 Å². The molecule has 0 aliphatic rings. The highest BCUT2D eigenvalue weighted by Crippen LogP contribution is 2.20. The second-order valence-corrected chi connectivity index (χ2v) is 7.60. The van der Waals surface area contributed by atoms with E-state index in [0.717, 1.165) is 16.7 Å². The average Bonchev–Trinajstić information content (AvgIpc) is 3.28. The van der Waals surface area contributed by atoms with Gasteiger partial charge in [-0.2, -0.15) is 5.10 Å².